The van der Waals surface area contributed by atoms with E-state index >= 15 is 0 Å². The molecule has 25 heavy (non-hydrogen) atoms. The number of phenols is 1. The second-order valence-corrected chi connectivity index (χ2v) is 7.41. The molecule has 0 atom stereocenters. The van der Waals surface area contributed by atoms with Gasteiger partial charge in [0.15, 0.2) is 0 Å². The number of benzene rings is 3. The van der Waals surface area contributed by atoms with Crippen LogP contribution in [0.25, 0.3) is 32.3 Å². The van der Waals surface area contributed by atoms with Crippen LogP contribution in [0.3, 0.4) is 0 Å². The van der Waals surface area contributed by atoms with E-state index in [0.717, 1.165) is 22.4 Å². The number of phenolic OH excluding ortho intramolecular Hbond substituents is 1. The molecule has 122 valence electrons. The lowest BCUT2D eigenvalue weighted by Crippen LogP contribution is -2.06. The molecular weight excluding hydrogens is 328 g/mol. The first-order valence-corrected chi connectivity index (χ1v) is 9.15. The van der Waals surface area contributed by atoms with E-state index in [2.05, 4.69) is 48.7 Å². The lowest BCUT2D eigenvalue weighted by atomic mass is 9.90. The molecule has 0 amide bonds. The van der Waals surface area contributed by atoms with Crippen molar-refractivity contribution < 1.29 is 9.84 Å². The number of ether oxygens (including phenoxy) is 1. The predicted molar refractivity (Wildman–Crippen MR) is 103 cm³/mol. The summed E-state index contributed by atoms with van der Waals surface area (Å²) in [7, 11) is 0. The first kappa shape index (κ1) is 14.6. The number of thiophene rings is 1. The quantitative estimate of drug-likeness (QED) is 0.449. The van der Waals surface area contributed by atoms with E-state index < -0.39 is 0 Å². The molecule has 0 radical (unpaired) electrons. The van der Waals surface area contributed by atoms with Gasteiger partial charge in [-0.05, 0) is 52.9 Å². The van der Waals surface area contributed by atoms with E-state index in [1.165, 1.54) is 26.8 Å². The molecule has 3 heteroatoms. The van der Waals surface area contributed by atoms with Crippen molar-refractivity contribution in [3.8, 4) is 33.1 Å². The number of hydrogen-bond donors (Lipinski definition) is 1. The van der Waals surface area contributed by atoms with Crippen molar-refractivity contribution in [2.45, 2.75) is 13.5 Å². The van der Waals surface area contributed by atoms with Crippen molar-refractivity contribution in [2.24, 2.45) is 0 Å². The molecule has 0 spiro atoms. The first-order chi connectivity index (χ1) is 12.2. The standard InChI is InChI=1S/C22H16O2S/c1-13-4-5-14-11-19-17-7-6-16(23)10-15(17)12-24-22(19)21(18(14)9-13)20-3-2-8-25-20/h2-11,23H,12H2,1H3. The van der Waals surface area contributed by atoms with E-state index in [9.17, 15) is 5.11 Å². The van der Waals surface area contributed by atoms with Gasteiger partial charge >= 0.3 is 0 Å². The average molecular weight is 344 g/mol. The molecule has 5 rings (SSSR count). The second-order valence-electron chi connectivity index (χ2n) is 6.46. The van der Waals surface area contributed by atoms with Crippen LogP contribution in [-0.4, -0.2) is 5.11 Å². The lowest BCUT2D eigenvalue weighted by molar-refractivity contribution is 0.303. The average Bonchev–Trinajstić information content (AvgIpc) is 3.13. The summed E-state index contributed by atoms with van der Waals surface area (Å²) in [5.41, 5.74) is 5.67. The van der Waals surface area contributed by atoms with Crippen LogP contribution in [0, 0.1) is 6.92 Å². The highest BCUT2D eigenvalue weighted by molar-refractivity contribution is 7.13. The molecule has 1 aliphatic rings. The highest BCUT2D eigenvalue weighted by Crippen LogP contribution is 2.49. The molecule has 1 N–H and O–H groups in total. The molecule has 3 aromatic carbocycles. The van der Waals surface area contributed by atoms with Gasteiger partial charge in [-0.2, -0.15) is 0 Å². The van der Waals surface area contributed by atoms with Gasteiger partial charge in [0, 0.05) is 21.6 Å². The number of aryl methyl sites for hydroxylation is 1. The summed E-state index contributed by atoms with van der Waals surface area (Å²) >= 11 is 1.73. The van der Waals surface area contributed by atoms with Crippen LogP contribution in [0.15, 0.2) is 60.0 Å². The van der Waals surface area contributed by atoms with Crippen molar-refractivity contribution in [3.63, 3.8) is 0 Å². The van der Waals surface area contributed by atoms with E-state index in [-0.39, 0.29) is 5.75 Å². The van der Waals surface area contributed by atoms with Crippen LogP contribution in [0.4, 0.5) is 0 Å². The van der Waals surface area contributed by atoms with Gasteiger partial charge in [-0.15, -0.1) is 11.3 Å². The highest BCUT2D eigenvalue weighted by atomic mass is 32.1. The smallest absolute Gasteiger partial charge is 0.136 e. The Balaban J connectivity index is 1.91. The molecular formula is C22H16O2S. The third-order valence-electron chi connectivity index (χ3n) is 4.77. The second kappa shape index (κ2) is 5.36. The fourth-order valence-electron chi connectivity index (χ4n) is 3.62. The number of fused-ring (bicyclic) bond motifs is 4. The van der Waals surface area contributed by atoms with Gasteiger partial charge in [0.25, 0.3) is 0 Å². The number of hydrogen-bond acceptors (Lipinski definition) is 3. The number of aromatic hydroxyl groups is 1. The topological polar surface area (TPSA) is 29.5 Å². The fraction of sp³-hybridized carbons (Fsp3) is 0.0909. The van der Waals surface area contributed by atoms with E-state index in [1.54, 1.807) is 23.5 Å². The Morgan fingerprint density at radius 3 is 2.76 bits per heavy atom. The normalized spacial score (nSPS) is 12.5. The Bertz CT molecular complexity index is 1110. The largest absolute Gasteiger partial charge is 0.508 e. The van der Waals surface area contributed by atoms with Crippen LogP contribution in [0.5, 0.6) is 11.5 Å². The van der Waals surface area contributed by atoms with Crippen molar-refractivity contribution >= 4 is 22.1 Å². The van der Waals surface area contributed by atoms with Gasteiger partial charge in [-0.3, -0.25) is 0 Å². The molecule has 0 bridgehead atoms. The Morgan fingerprint density at radius 1 is 1.00 bits per heavy atom. The molecule has 0 saturated heterocycles. The minimum atomic E-state index is 0.278. The highest BCUT2D eigenvalue weighted by Gasteiger charge is 2.24. The first-order valence-electron chi connectivity index (χ1n) is 8.27. The zero-order valence-electron chi connectivity index (χ0n) is 13.7. The van der Waals surface area contributed by atoms with Crippen LogP contribution >= 0.6 is 11.3 Å². The van der Waals surface area contributed by atoms with Crippen molar-refractivity contribution in [3.05, 3.63) is 71.1 Å². The van der Waals surface area contributed by atoms with Gasteiger partial charge in [0.1, 0.15) is 18.1 Å². The maximum Gasteiger partial charge on any atom is 0.136 e. The summed E-state index contributed by atoms with van der Waals surface area (Å²) in [5, 5.41) is 14.3. The molecule has 0 aliphatic carbocycles. The van der Waals surface area contributed by atoms with Gasteiger partial charge in [0.2, 0.25) is 0 Å². The Labute approximate surface area is 149 Å². The summed E-state index contributed by atoms with van der Waals surface area (Å²) in [5.74, 6) is 1.22. The number of rotatable bonds is 1. The van der Waals surface area contributed by atoms with Crippen molar-refractivity contribution in [1.82, 2.24) is 0 Å². The van der Waals surface area contributed by atoms with Gasteiger partial charge in [-0.25, -0.2) is 0 Å². The third kappa shape index (κ3) is 2.24. The maximum atomic E-state index is 9.79. The molecule has 2 heterocycles. The maximum absolute atomic E-state index is 9.79. The SMILES string of the molecule is Cc1ccc2cc3c(c(-c4cccs4)c2c1)OCc1cc(O)ccc1-3. The molecule has 1 aromatic heterocycles. The lowest BCUT2D eigenvalue weighted by Gasteiger charge is -2.24. The van der Waals surface area contributed by atoms with Crippen molar-refractivity contribution in [1.29, 1.82) is 0 Å². The molecule has 2 nitrogen and oxygen atoms in total. The van der Waals surface area contributed by atoms with Crippen LogP contribution < -0.4 is 4.74 Å². The van der Waals surface area contributed by atoms with E-state index in [4.69, 9.17) is 4.74 Å². The van der Waals surface area contributed by atoms with Gasteiger partial charge in [0.05, 0.1) is 0 Å². The van der Waals surface area contributed by atoms with Crippen LogP contribution in [0.2, 0.25) is 0 Å². The van der Waals surface area contributed by atoms with Crippen LogP contribution in [-0.2, 0) is 6.61 Å². The van der Waals surface area contributed by atoms with Gasteiger partial charge < -0.3 is 9.84 Å². The molecule has 4 aromatic rings. The Hall–Kier alpha value is -2.78. The summed E-state index contributed by atoms with van der Waals surface area (Å²) in [6.07, 6.45) is 0. The van der Waals surface area contributed by atoms with E-state index in [0.29, 0.717) is 6.61 Å². The van der Waals surface area contributed by atoms with Gasteiger partial charge in [-0.1, -0.05) is 35.9 Å². The molecule has 0 saturated carbocycles. The molecule has 1 aliphatic heterocycles. The minimum absolute atomic E-state index is 0.278. The molecule has 0 fully saturated rings. The predicted octanol–water partition coefficient (Wildman–Crippen LogP) is 6.14. The summed E-state index contributed by atoms with van der Waals surface area (Å²) in [4.78, 5) is 1.22. The zero-order valence-corrected chi connectivity index (χ0v) is 14.6. The summed E-state index contributed by atoms with van der Waals surface area (Å²) in [6, 6.07) is 18.5. The monoisotopic (exact) mass is 344 g/mol. The molecule has 0 unspecified atom stereocenters. The zero-order chi connectivity index (χ0) is 17.0. The minimum Gasteiger partial charge on any atom is -0.508 e. The summed E-state index contributed by atoms with van der Waals surface area (Å²) < 4.78 is 6.20. The van der Waals surface area contributed by atoms with Crippen LogP contribution in [0.1, 0.15) is 11.1 Å². The Kier molecular flexibility index (Phi) is 3.12. The summed E-state index contributed by atoms with van der Waals surface area (Å²) in [6.45, 7) is 2.60. The van der Waals surface area contributed by atoms with Crippen molar-refractivity contribution in [2.75, 3.05) is 0 Å². The third-order valence-corrected chi connectivity index (χ3v) is 5.66. The fourth-order valence-corrected chi connectivity index (χ4v) is 4.40. The Morgan fingerprint density at radius 2 is 1.92 bits per heavy atom. The van der Waals surface area contributed by atoms with E-state index in [1.807, 2.05) is 6.07 Å².